The molecule has 0 aromatic heterocycles. The molecule has 3 saturated carbocycles. The Bertz CT molecular complexity index is 694. The van der Waals surface area contributed by atoms with Crippen LogP contribution in [-0.4, -0.2) is 10.9 Å². The molecular formula is C22H28O2. The summed E-state index contributed by atoms with van der Waals surface area (Å²) in [6.45, 7) is 6.41. The highest BCUT2D eigenvalue weighted by atomic mass is 16.3. The lowest BCUT2D eigenvalue weighted by Crippen LogP contribution is -2.41. The number of hydrogen-bond donors (Lipinski definition) is 1. The zero-order valence-corrected chi connectivity index (χ0v) is 15.1. The third-order valence-corrected chi connectivity index (χ3v) is 6.80. The van der Waals surface area contributed by atoms with Crippen LogP contribution in [0.4, 0.5) is 0 Å². The highest BCUT2D eigenvalue weighted by Gasteiger charge is 2.54. The summed E-state index contributed by atoms with van der Waals surface area (Å²) in [5, 5.41) is 11.1. The number of carbonyl (C=O) groups is 1. The fourth-order valence-corrected chi connectivity index (χ4v) is 5.75. The molecule has 3 fully saturated rings. The van der Waals surface area contributed by atoms with E-state index in [0.717, 1.165) is 18.4 Å². The molecular weight excluding hydrogens is 296 g/mol. The first-order valence-corrected chi connectivity index (χ1v) is 9.66. The van der Waals surface area contributed by atoms with Crippen LogP contribution in [0, 0.1) is 30.6 Å². The fraction of sp³-hybridized carbons (Fsp3) is 0.591. The highest BCUT2D eigenvalue weighted by molar-refractivity contribution is 6.25. The smallest absolute Gasteiger partial charge is 0.170 e. The van der Waals surface area contributed by atoms with E-state index in [1.54, 1.807) is 0 Å². The molecule has 0 saturated heterocycles. The van der Waals surface area contributed by atoms with E-state index in [0.29, 0.717) is 23.2 Å². The molecule has 1 aromatic carbocycles. The van der Waals surface area contributed by atoms with Crippen molar-refractivity contribution in [3.8, 4) is 0 Å². The summed E-state index contributed by atoms with van der Waals surface area (Å²) in [5.41, 5.74) is 5.41. The topological polar surface area (TPSA) is 37.3 Å². The Morgan fingerprint density at radius 1 is 0.958 bits per heavy atom. The molecule has 5 rings (SSSR count). The minimum Gasteiger partial charge on any atom is -0.511 e. The van der Waals surface area contributed by atoms with Crippen molar-refractivity contribution in [2.45, 2.75) is 59.3 Å². The number of ketones is 1. The normalized spacial score (nSPS) is 31.7. The van der Waals surface area contributed by atoms with Crippen LogP contribution in [0.1, 0.15) is 61.8 Å². The van der Waals surface area contributed by atoms with Gasteiger partial charge in [0.05, 0.1) is 5.57 Å². The van der Waals surface area contributed by atoms with Crippen molar-refractivity contribution < 1.29 is 9.90 Å². The molecule has 2 atom stereocenters. The van der Waals surface area contributed by atoms with Gasteiger partial charge in [-0.15, -0.1) is 0 Å². The van der Waals surface area contributed by atoms with Gasteiger partial charge in [0.25, 0.3) is 0 Å². The first kappa shape index (κ1) is 15.9. The van der Waals surface area contributed by atoms with Crippen molar-refractivity contribution in [3.63, 3.8) is 0 Å². The maximum absolute atomic E-state index is 13.3. The maximum atomic E-state index is 13.3. The monoisotopic (exact) mass is 324 g/mol. The molecule has 0 radical (unpaired) electrons. The molecule has 1 aromatic rings. The van der Waals surface area contributed by atoms with Gasteiger partial charge in [-0.25, -0.2) is 0 Å². The number of carbonyl (C=O) groups excluding carboxylic acids is 1. The van der Waals surface area contributed by atoms with Crippen LogP contribution < -0.4 is 0 Å². The van der Waals surface area contributed by atoms with Gasteiger partial charge in [0.2, 0.25) is 0 Å². The average Bonchev–Trinajstić information content (AvgIpc) is 2.88. The number of benzene rings is 1. The molecule has 0 spiro atoms. The van der Waals surface area contributed by atoms with E-state index in [-0.39, 0.29) is 17.6 Å². The largest absolute Gasteiger partial charge is 0.511 e. The van der Waals surface area contributed by atoms with Gasteiger partial charge in [0, 0.05) is 11.8 Å². The second-order valence-electron chi connectivity index (χ2n) is 8.02. The molecule has 0 amide bonds. The minimum absolute atomic E-state index is 0.0585. The van der Waals surface area contributed by atoms with E-state index >= 15 is 0 Å². The van der Waals surface area contributed by atoms with E-state index in [1.165, 1.54) is 42.4 Å². The molecule has 2 heteroatoms. The molecule has 4 aliphatic rings. The van der Waals surface area contributed by atoms with Crippen molar-refractivity contribution in [2.24, 2.45) is 23.7 Å². The Morgan fingerprint density at radius 2 is 1.46 bits per heavy atom. The Morgan fingerprint density at radius 3 is 1.92 bits per heavy atom. The number of Topliss-reactive ketones (excluding diaryl/α,β-unsaturated/α-hetero) is 1. The second kappa shape index (κ2) is 5.75. The van der Waals surface area contributed by atoms with Gasteiger partial charge in [-0.2, -0.15) is 0 Å². The number of aliphatic hydroxyl groups is 1. The summed E-state index contributed by atoms with van der Waals surface area (Å²) < 4.78 is 0. The molecule has 24 heavy (non-hydrogen) atoms. The van der Waals surface area contributed by atoms with E-state index in [1.807, 2.05) is 0 Å². The van der Waals surface area contributed by atoms with Crippen LogP contribution in [0.25, 0.3) is 5.57 Å². The van der Waals surface area contributed by atoms with Crippen molar-refractivity contribution >= 4 is 11.4 Å². The van der Waals surface area contributed by atoms with Gasteiger partial charge in [-0.3, -0.25) is 4.79 Å². The summed E-state index contributed by atoms with van der Waals surface area (Å²) in [7, 11) is 0. The molecule has 0 aliphatic heterocycles. The highest BCUT2D eigenvalue weighted by Crippen LogP contribution is 2.57. The van der Waals surface area contributed by atoms with Gasteiger partial charge < -0.3 is 5.11 Å². The van der Waals surface area contributed by atoms with Gasteiger partial charge in [-0.1, -0.05) is 31.5 Å². The Balaban J connectivity index is 1.89. The second-order valence-corrected chi connectivity index (χ2v) is 8.02. The van der Waals surface area contributed by atoms with E-state index in [4.69, 9.17) is 0 Å². The molecule has 0 heterocycles. The third kappa shape index (κ3) is 2.11. The SMILES string of the molecule is CCc1cc(C)cc(CC)c1C1=C(O)[C@H]2C3CCC(CC3)C2C1=O. The van der Waals surface area contributed by atoms with Gasteiger partial charge in [-0.05, 0) is 74.0 Å². The van der Waals surface area contributed by atoms with Crippen LogP contribution in [0.3, 0.4) is 0 Å². The standard InChI is InChI=1S/C22H28O2/c1-4-13-10-12(3)11-14(5-2)17(13)20-21(23)18-15-6-7-16(9-8-15)19(18)22(20)24/h10-11,15-16,18-19,23H,4-9H2,1-3H3/t15?,16?,18-,19?/m0/s1. The lowest BCUT2D eigenvalue weighted by molar-refractivity contribution is -0.123. The first-order valence-electron chi connectivity index (χ1n) is 9.66. The molecule has 2 nitrogen and oxygen atoms in total. The number of aliphatic hydroxyl groups excluding tert-OH is 1. The van der Waals surface area contributed by atoms with Gasteiger partial charge in [0.15, 0.2) is 5.78 Å². The van der Waals surface area contributed by atoms with Crippen molar-refractivity contribution in [1.82, 2.24) is 0 Å². The number of allylic oxidation sites excluding steroid dienone is 2. The van der Waals surface area contributed by atoms with E-state index in [9.17, 15) is 9.90 Å². The van der Waals surface area contributed by atoms with Gasteiger partial charge in [0.1, 0.15) is 5.76 Å². The summed E-state index contributed by atoms with van der Waals surface area (Å²) in [5.74, 6) is 1.83. The molecule has 1 N–H and O–H groups in total. The van der Waals surface area contributed by atoms with Crippen molar-refractivity contribution in [3.05, 3.63) is 40.1 Å². The summed E-state index contributed by atoms with van der Waals surface area (Å²) >= 11 is 0. The predicted molar refractivity (Wildman–Crippen MR) is 96.9 cm³/mol. The van der Waals surface area contributed by atoms with Crippen LogP contribution in [-0.2, 0) is 17.6 Å². The fourth-order valence-electron chi connectivity index (χ4n) is 5.75. The van der Waals surface area contributed by atoms with Crippen molar-refractivity contribution in [1.29, 1.82) is 0 Å². The van der Waals surface area contributed by atoms with E-state index < -0.39 is 0 Å². The van der Waals surface area contributed by atoms with Crippen LogP contribution in [0.15, 0.2) is 17.9 Å². The molecule has 128 valence electrons. The number of rotatable bonds is 3. The van der Waals surface area contributed by atoms with Crippen LogP contribution in [0.2, 0.25) is 0 Å². The van der Waals surface area contributed by atoms with Crippen molar-refractivity contribution in [2.75, 3.05) is 0 Å². The van der Waals surface area contributed by atoms with Crippen LogP contribution >= 0.6 is 0 Å². The molecule has 4 aliphatic carbocycles. The summed E-state index contributed by atoms with van der Waals surface area (Å²) in [6.07, 6.45) is 6.52. The number of aryl methyl sites for hydroxylation is 3. The summed E-state index contributed by atoms with van der Waals surface area (Å²) in [4.78, 5) is 13.3. The Kier molecular flexibility index (Phi) is 3.82. The zero-order chi connectivity index (χ0) is 17.0. The van der Waals surface area contributed by atoms with E-state index in [2.05, 4.69) is 32.9 Å². The zero-order valence-electron chi connectivity index (χ0n) is 15.1. The van der Waals surface area contributed by atoms with Gasteiger partial charge >= 0.3 is 0 Å². The average molecular weight is 324 g/mol. The first-order chi connectivity index (χ1) is 11.6. The Hall–Kier alpha value is -1.57. The lowest BCUT2D eigenvalue weighted by Gasteiger charge is -2.44. The Labute approximate surface area is 145 Å². The molecule has 1 unspecified atom stereocenters. The number of hydrogen-bond acceptors (Lipinski definition) is 2. The van der Waals surface area contributed by atoms with Crippen LogP contribution in [0.5, 0.6) is 0 Å². The lowest BCUT2D eigenvalue weighted by atomic mass is 9.59. The minimum atomic E-state index is 0.0585. The number of fused-ring (bicyclic) bond motifs is 2. The predicted octanol–water partition coefficient (Wildman–Crippen LogP) is 5.02. The third-order valence-electron chi connectivity index (χ3n) is 6.80. The maximum Gasteiger partial charge on any atom is 0.170 e. The quantitative estimate of drug-likeness (QED) is 0.847. The summed E-state index contributed by atoms with van der Waals surface area (Å²) in [6, 6.07) is 4.39. The molecule has 2 bridgehead atoms.